The molecule has 3 aromatic rings. The molecule has 0 atom stereocenters. The molecule has 0 unspecified atom stereocenters. The number of hydrogen-bond acceptors (Lipinski definition) is 5. The minimum atomic E-state index is -0.558. The lowest BCUT2D eigenvalue weighted by Crippen LogP contribution is -2.13. The van der Waals surface area contributed by atoms with Crippen LogP contribution in [0.1, 0.15) is 18.1 Å². The summed E-state index contributed by atoms with van der Waals surface area (Å²) in [7, 11) is 0. The van der Waals surface area contributed by atoms with Gasteiger partial charge in [-0.2, -0.15) is 5.26 Å². The molecule has 6 nitrogen and oxygen atoms in total. The van der Waals surface area contributed by atoms with Gasteiger partial charge in [0, 0.05) is 10.7 Å². The van der Waals surface area contributed by atoms with Crippen LogP contribution in [-0.2, 0) is 11.4 Å². The van der Waals surface area contributed by atoms with Crippen molar-refractivity contribution in [2.45, 2.75) is 13.5 Å². The summed E-state index contributed by atoms with van der Waals surface area (Å²) in [5, 5.41) is 22.1. The Kier molecular flexibility index (Phi) is 7.74. The summed E-state index contributed by atoms with van der Waals surface area (Å²) in [4.78, 5) is 12.5. The Bertz CT molecular complexity index is 1170. The van der Waals surface area contributed by atoms with Crippen molar-refractivity contribution in [1.29, 1.82) is 5.26 Å². The molecule has 0 aliphatic rings. The Hall–Kier alpha value is -3.95. The van der Waals surface area contributed by atoms with E-state index in [-0.39, 0.29) is 11.3 Å². The van der Waals surface area contributed by atoms with Gasteiger partial charge in [-0.05, 0) is 72.7 Å². The Labute approximate surface area is 191 Å². The SMILES string of the molecule is CCOc1cc(/C=C(\C#N)C(=O)Nc2ccc(O)cc2)ccc1OCc1cccc(Cl)c1. The van der Waals surface area contributed by atoms with E-state index in [1.165, 1.54) is 18.2 Å². The summed E-state index contributed by atoms with van der Waals surface area (Å²) < 4.78 is 11.6. The molecule has 0 aliphatic heterocycles. The third-order valence-electron chi connectivity index (χ3n) is 4.35. The Morgan fingerprint density at radius 1 is 1.09 bits per heavy atom. The van der Waals surface area contributed by atoms with Gasteiger partial charge in [0.15, 0.2) is 11.5 Å². The molecule has 162 valence electrons. The Balaban J connectivity index is 1.77. The van der Waals surface area contributed by atoms with Crippen molar-refractivity contribution in [2.24, 2.45) is 0 Å². The van der Waals surface area contributed by atoms with Gasteiger partial charge >= 0.3 is 0 Å². The number of amides is 1. The smallest absolute Gasteiger partial charge is 0.266 e. The first-order chi connectivity index (χ1) is 15.5. The number of phenolic OH excluding ortho intramolecular Hbond substituents is 1. The van der Waals surface area contributed by atoms with E-state index in [9.17, 15) is 15.2 Å². The van der Waals surface area contributed by atoms with Gasteiger partial charge in [0.25, 0.3) is 5.91 Å². The molecule has 0 fully saturated rings. The quantitative estimate of drug-likeness (QED) is 0.267. The first kappa shape index (κ1) is 22.7. The second-order valence-electron chi connectivity index (χ2n) is 6.73. The zero-order valence-corrected chi connectivity index (χ0v) is 18.1. The van der Waals surface area contributed by atoms with Crippen molar-refractivity contribution in [1.82, 2.24) is 0 Å². The zero-order valence-electron chi connectivity index (χ0n) is 17.3. The van der Waals surface area contributed by atoms with Gasteiger partial charge in [0.2, 0.25) is 0 Å². The van der Waals surface area contributed by atoms with E-state index >= 15 is 0 Å². The molecule has 0 aliphatic carbocycles. The van der Waals surface area contributed by atoms with Crippen molar-refractivity contribution in [3.63, 3.8) is 0 Å². The molecule has 0 aromatic heterocycles. The molecule has 0 bridgehead atoms. The van der Waals surface area contributed by atoms with Crippen LogP contribution in [-0.4, -0.2) is 17.6 Å². The minimum absolute atomic E-state index is 0.0758. The third kappa shape index (κ3) is 6.27. The van der Waals surface area contributed by atoms with Crippen LogP contribution in [0.25, 0.3) is 6.08 Å². The minimum Gasteiger partial charge on any atom is -0.508 e. The van der Waals surface area contributed by atoms with Gasteiger partial charge in [-0.3, -0.25) is 4.79 Å². The summed E-state index contributed by atoms with van der Waals surface area (Å²) >= 11 is 6.02. The largest absolute Gasteiger partial charge is 0.508 e. The highest BCUT2D eigenvalue weighted by Gasteiger charge is 2.12. The molecule has 7 heteroatoms. The second kappa shape index (κ2) is 10.9. The molecule has 3 aromatic carbocycles. The Morgan fingerprint density at radius 3 is 2.56 bits per heavy atom. The molecular weight excluding hydrogens is 428 g/mol. The first-order valence-electron chi connectivity index (χ1n) is 9.84. The monoisotopic (exact) mass is 448 g/mol. The molecule has 1 amide bonds. The average Bonchev–Trinajstić information content (AvgIpc) is 2.78. The van der Waals surface area contributed by atoms with Crippen LogP contribution in [0, 0.1) is 11.3 Å². The van der Waals surface area contributed by atoms with Crippen molar-refractivity contribution >= 4 is 29.3 Å². The van der Waals surface area contributed by atoms with Gasteiger partial charge in [0.1, 0.15) is 24.0 Å². The lowest BCUT2D eigenvalue weighted by Gasteiger charge is -2.13. The van der Waals surface area contributed by atoms with Crippen LogP contribution >= 0.6 is 11.6 Å². The van der Waals surface area contributed by atoms with Crippen molar-refractivity contribution < 1.29 is 19.4 Å². The lowest BCUT2D eigenvalue weighted by atomic mass is 10.1. The van der Waals surface area contributed by atoms with E-state index in [4.69, 9.17) is 21.1 Å². The molecule has 0 spiro atoms. The number of halogens is 1. The van der Waals surface area contributed by atoms with E-state index in [1.807, 2.05) is 31.2 Å². The van der Waals surface area contributed by atoms with E-state index in [0.717, 1.165) is 5.56 Å². The number of nitriles is 1. The highest BCUT2D eigenvalue weighted by atomic mass is 35.5. The fraction of sp³-hybridized carbons (Fsp3) is 0.120. The summed E-state index contributed by atoms with van der Waals surface area (Å²) in [6.07, 6.45) is 1.47. The molecule has 0 saturated heterocycles. The molecule has 0 radical (unpaired) electrons. The molecular formula is C25H21ClN2O4. The average molecular weight is 449 g/mol. The number of aromatic hydroxyl groups is 1. The van der Waals surface area contributed by atoms with Gasteiger partial charge in [-0.1, -0.05) is 29.8 Å². The Morgan fingerprint density at radius 2 is 1.88 bits per heavy atom. The number of anilines is 1. The van der Waals surface area contributed by atoms with Crippen molar-refractivity contribution in [3.8, 4) is 23.3 Å². The van der Waals surface area contributed by atoms with E-state index in [1.54, 1.807) is 36.4 Å². The van der Waals surface area contributed by atoms with Crippen LogP contribution in [0.5, 0.6) is 17.2 Å². The molecule has 2 N–H and O–H groups in total. The van der Waals surface area contributed by atoms with Gasteiger partial charge in [-0.15, -0.1) is 0 Å². The molecule has 0 saturated carbocycles. The maximum atomic E-state index is 12.5. The number of rotatable bonds is 8. The number of phenols is 1. The number of nitrogens with zero attached hydrogens (tertiary/aromatic N) is 1. The lowest BCUT2D eigenvalue weighted by molar-refractivity contribution is -0.112. The highest BCUT2D eigenvalue weighted by molar-refractivity contribution is 6.30. The maximum Gasteiger partial charge on any atom is 0.266 e. The van der Waals surface area contributed by atoms with E-state index in [0.29, 0.717) is 41.0 Å². The summed E-state index contributed by atoms with van der Waals surface area (Å²) in [5.74, 6) is 0.563. The van der Waals surface area contributed by atoms with Gasteiger partial charge in [0.05, 0.1) is 6.61 Å². The van der Waals surface area contributed by atoms with E-state index in [2.05, 4.69) is 5.32 Å². The first-order valence-corrected chi connectivity index (χ1v) is 10.2. The standard InChI is InChI=1S/C25H21ClN2O4/c1-2-31-24-14-17(6-11-23(24)32-16-18-4-3-5-20(26)13-18)12-19(15-27)25(30)28-21-7-9-22(29)10-8-21/h3-14,29H,2,16H2,1H3,(H,28,30)/b19-12+. The molecule has 3 rings (SSSR count). The summed E-state index contributed by atoms with van der Waals surface area (Å²) in [6, 6.07) is 20.5. The number of hydrogen-bond donors (Lipinski definition) is 2. The van der Waals surface area contributed by atoms with Crippen LogP contribution in [0.3, 0.4) is 0 Å². The topological polar surface area (TPSA) is 91.6 Å². The van der Waals surface area contributed by atoms with Gasteiger partial charge in [-0.25, -0.2) is 0 Å². The van der Waals surface area contributed by atoms with Crippen LogP contribution in [0.2, 0.25) is 5.02 Å². The number of ether oxygens (including phenoxy) is 2. The highest BCUT2D eigenvalue weighted by Crippen LogP contribution is 2.30. The predicted molar refractivity (Wildman–Crippen MR) is 124 cm³/mol. The number of carbonyl (C=O) groups excluding carboxylic acids is 1. The zero-order chi connectivity index (χ0) is 22.9. The normalized spacial score (nSPS) is 10.8. The summed E-state index contributed by atoms with van der Waals surface area (Å²) in [5.41, 5.74) is 1.92. The van der Waals surface area contributed by atoms with Crippen molar-refractivity contribution in [2.75, 3.05) is 11.9 Å². The molecule has 32 heavy (non-hydrogen) atoms. The molecule has 0 heterocycles. The summed E-state index contributed by atoms with van der Waals surface area (Å²) in [6.45, 7) is 2.59. The maximum absolute atomic E-state index is 12.5. The second-order valence-corrected chi connectivity index (χ2v) is 7.17. The number of carbonyl (C=O) groups is 1. The van der Waals surface area contributed by atoms with Gasteiger partial charge < -0.3 is 19.9 Å². The van der Waals surface area contributed by atoms with Crippen molar-refractivity contribution in [3.05, 3.63) is 88.5 Å². The fourth-order valence-corrected chi connectivity index (χ4v) is 3.06. The van der Waals surface area contributed by atoms with E-state index < -0.39 is 5.91 Å². The number of benzene rings is 3. The van der Waals surface area contributed by atoms with Crippen LogP contribution < -0.4 is 14.8 Å². The predicted octanol–water partition coefficient (Wildman–Crippen LogP) is 5.57. The van der Waals surface area contributed by atoms with Crippen LogP contribution in [0.4, 0.5) is 5.69 Å². The fourth-order valence-electron chi connectivity index (χ4n) is 2.85. The van der Waals surface area contributed by atoms with Crippen LogP contribution in [0.15, 0.2) is 72.3 Å². The third-order valence-corrected chi connectivity index (χ3v) is 4.59. The number of nitrogens with one attached hydrogen (secondary N) is 1.